The summed E-state index contributed by atoms with van der Waals surface area (Å²) < 4.78 is 11.4. The smallest absolute Gasteiger partial charge is 0.254 e. The molecule has 0 aromatic rings. The Labute approximate surface area is 115 Å². The topological polar surface area (TPSA) is 64.8 Å². The summed E-state index contributed by atoms with van der Waals surface area (Å²) in [6.07, 6.45) is 4.87. The van der Waals surface area contributed by atoms with Crippen LogP contribution < -0.4 is 5.73 Å². The Balaban J connectivity index is 1.75. The van der Waals surface area contributed by atoms with E-state index in [4.69, 9.17) is 15.2 Å². The summed E-state index contributed by atoms with van der Waals surface area (Å²) >= 11 is 0. The van der Waals surface area contributed by atoms with E-state index in [1.54, 1.807) is 0 Å². The first kappa shape index (κ1) is 14.8. The Morgan fingerprint density at radius 3 is 2.79 bits per heavy atom. The predicted molar refractivity (Wildman–Crippen MR) is 72.8 cm³/mol. The summed E-state index contributed by atoms with van der Waals surface area (Å²) in [5, 5.41) is 0. The zero-order valence-electron chi connectivity index (χ0n) is 11.9. The zero-order chi connectivity index (χ0) is 13.7. The fourth-order valence-electron chi connectivity index (χ4n) is 2.84. The van der Waals surface area contributed by atoms with E-state index in [9.17, 15) is 4.79 Å². The highest BCUT2D eigenvalue weighted by Crippen LogP contribution is 2.28. The van der Waals surface area contributed by atoms with Crippen LogP contribution in [0.5, 0.6) is 0 Å². The molecule has 2 aliphatic heterocycles. The lowest BCUT2D eigenvalue weighted by molar-refractivity contribution is -0.153. The second-order valence-corrected chi connectivity index (χ2v) is 5.69. The van der Waals surface area contributed by atoms with Crippen molar-refractivity contribution in [2.45, 2.75) is 50.7 Å². The molecule has 110 valence electrons. The van der Waals surface area contributed by atoms with Crippen molar-refractivity contribution in [2.75, 3.05) is 32.8 Å². The normalized spacial score (nSPS) is 28.8. The monoisotopic (exact) mass is 270 g/mol. The molecule has 2 N–H and O–H groups in total. The number of carbonyl (C=O) groups excluding carboxylic acids is 1. The van der Waals surface area contributed by atoms with Gasteiger partial charge in [-0.2, -0.15) is 0 Å². The van der Waals surface area contributed by atoms with E-state index in [1.807, 2.05) is 11.8 Å². The summed E-state index contributed by atoms with van der Waals surface area (Å²) in [5.41, 5.74) is 4.87. The first-order chi connectivity index (χ1) is 9.15. The number of nitrogens with two attached hydrogens (primary N) is 1. The van der Waals surface area contributed by atoms with Crippen LogP contribution in [-0.2, 0) is 14.3 Å². The Morgan fingerprint density at radius 2 is 2.21 bits per heavy atom. The van der Waals surface area contributed by atoms with Gasteiger partial charge in [0.25, 0.3) is 5.91 Å². The Kier molecular flexibility index (Phi) is 5.19. The first-order valence-corrected chi connectivity index (χ1v) is 7.41. The highest BCUT2D eigenvalue weighted by molar-refractivity contribution is 5.85. The molecule has 0 aromatic carbocycles. The van der Waals surface area contributed by atoms with Gasteiger partial charge in [-0.25, -0.2) is 0 Å². The van der Waals surface area contributed by atoms with Crippen LogP contribution in [0.3, 0.4) is 0 Å². The molecule has 5 heteroatoms. The van der Waals surface area contributed by atoms with E-state index in [0.29, 0.717) is 13.2 Å². The van der Waals surface area contributed by atoms with Gasteiger partial charge in [0.1, 0.15) is 5.60 Å². The maximum absolute atomic E-state index is 12.4. The van der Waals surface area contributed by atoms with E-state index >= 15 is 0 Å². The van der Waals surface area contributed by atoms with Crippen molar-refractivity contribution < 1.29 is 14.3 Å². The molecule has 0 aromatic heterocycles. The highest BCUT2D eigenvalue weighted by Gasteiger charge is 2.41. The molecule has 1 amide bonds. The number of carbonyl (C=O) groups is 1. The molecule has 0 bridgehead atoms. The first-order valence-electron chi connectivity index (χ1n) is 7.41. The molecule has 1 unspecified atom stereocenters. The lowest BCUT2D eigenvalue weighted by Gasteiger charge is -2.36. The second-order valence-electron chi connectivity index (χ2n) is 5.69. The third kappa shape index (κ3) is 3.68. The van der Waals surface area contributed by atoms with Crippen LogP contribution in [0.4, 0.5) is 0 Å². The molecule has 1 atom stereocenters. The summed E-state index contributed by atoms with van der Waals surface area (Å²) in [5.74, 6) is 0.158. The molecule has 0 aliphatic carbocycles. The molecule has 2 fully saturated rings. The van der Waals surface area contributed by atoms with Crippen molar-refractivity contribution in [3.63, 3.8) is 0 Å². The molecule has 0 radical (unpaired) electrons. The van der Waals surface area contributed by atoms with Crippen LogP contribution in [0.25, 0.3) is 0 Å². The van der Waals surface area contributed by atoms with Gasteiger partial charge in [0.15, 0.2) is 0 Å². The molecule has 19 heavy (non-hydrogen) atoms. The maximum Gasteiger partial charge on any atom is 0.254 e. The van der Waals surface area contributed by atoms with Crippen molar-refractivity contribution in [2.24, 2.45) is 5.73 Å². The minimum Gasteiger partial charge on any atom is -0.378 e. The molecule has 5 nitrogen and oxygen atoms in total. The van der Waals surface area contributed by atoms with Gasteiger partial charge in [0, 0.05) is 26.3 Å². The van der Waals surface area contributed by atoms with Gasteiger partial charge in [-0.3, -0.25) is 4.79 Å². The summed E-state index contributed by atoms with van der Waals surface area (Å²) in [6.45, 7) is 5.60. The molecule has 0 saturated carbocycles. The third-order valence-electron chi connectivity index (χ3n) is 4.10. The van der Waals surface area contributed by atoms with E-state index in [0.717, 1.165) is 51.8 Å². The number of ether oxygens (including phenoxy) is 2. The summed E-state index contributed by atoms with van der Waals surface area (Å²) in [6, 6.07) is 0. The van der Waals surface area contributed by atoms with Gasteiger partial charge in [-0.1, -0.05) is 0 Å². The number of piperidine rings is 1. The van der Waals surface area contributed by atoms with Crippen LogP contribution in [0.1, 0.15) is 39.0 Å². The Morgan fingerprint density at radius 1 is 1.47 bits per heavy atom. The fourth-order valence-corrected chi connectivity index (χ4v) is 2.84. The summed E-state index contributed by atoms with van der Waals surface area (Å²) in [7, 11) is 0. The van der Waals surface area contributed by atoms with E-state index < -0.39 is 5.60 Å². The number of rotatable bonds is 5. The van der Waals surface area contributed by atoms with E-state index in [2.05, 4.69) is 0 Å². The minimum atomic E-state index is -0.576. The van der Waals surface area contributed by atoms with Crippen molar-refractivity contribution in [3.8, 4) is 0 Å². The quantitative estimate of drug-likeness (QED) is 0.754. The Hall–Kier alpha value is -0.650. The second kappa shape index (κ2) is 6.68. The number of likely N-dealkylation sites (tertiary alicyclic amines) is 1. The van der Waals surface area contributed by atoms with Crippen LogP contribution in [0, 0.1) is 0 Å². The van der Waals surface area contributed by atoms with Crippen molar-refractivity contribution in [1.82, 2.24) is 4.90 Å². The standard InChI is InChI=1S/C14H26N2O3/c1-14(6-2-11-19-14)13(17)16-8-4-12(5-9-16)18-10-3-7-15/h12H,2-11,15H2,1H3. The van der Waals surface area contributed by atoms with Crippen molar-refractivity contribution >= 4 is 5.91 Å². The van der Waals surface area contributed by atoms with E-state index in [-0.39, 0.29) is 12.0 Å². The van der Waals surface area contributed by atoms with Crippen LogP contribution in [-0.4, -0.2) is 55.4 Å². The molecule has 2 aliphatic rings. The van der Waals surface area contributed by atoms with Gasteiger partial charge in [-0.05, 0) is 45.6 Å². The lowest BCUT2D eigenvalue weighted by Crippen LogP contribution is -2.50. The minimum absolute atomic E-state index is 0.158. The molecule has 2 heterocycles. The summed E-state index contributed by atoms with van der Waals surface area (Å²) in [4.78, 5) is 14.4. The number of hydrogen-bond acceptors (Lipinski definition) is 4. The molecule has 0 spiro atoms. The third-order valence-corrected chi connectivity index (χ3v) is 4.10. The SMILES string of the molecule is CC1(C(=O)N2CCC(OCCCN)CC2)CCCO1. The molecular formula is C14H26N2O3. The average Bonchev–Trinajstić information content (AvgIpc) is 2.87. The van der Waals surface area contributed by atoms with Gasteiger partial charge in [0.2, 0.25) is 0 Å². The van der Waals surface area contributed by atoms with Crippen LogP contribution in [0.15, 0.2) is 0 Å². The number of amides is 1. The highest BCUT2D eigenvalue weighted by atomic mass is 16.5. The largest absolute Gasteiger partial charge is 0.378 e. The molecule has 2 saturated heterocycles. The van der Waals surface area contributed by atoms with E-state index in [1.165, 1.54) is 0 Å². The zero-order valence-corrected chi connectivity index (χ0v) is 11.9. The molecule has 2 rings (SSSR count). The van der Waals surface area contributed by atoms with Crippen LogP contribution in [0.2, 0.25) is 0 Å². The number of hydrogen-bond donors (Lipinski definition) is 1. The molecular weight excluding hydrogens is 244 g/mol. The van der Waals surface area contributed by atoms with Crippen molar-refractivity contribution in [1.29, 1.82) is 0 Å². The maximum atomic E-state index is 12.4. The van der Waals surface area contributed by atoms with Gasteiger partial charge in [0.05, 0.1) is 6.10 Å². The van der Waals surface area contributed by atoms with Gasteiger partial charge < -0.3 is 20.1 Å². The fraction of sp³-hybridized carbons (Fsp3) is 0.929. The van der Waals surface area contributed by atoms with Crippen molar-refractivity contribution in [3.05, 3.63) is 0 Å². The van der Waals surface area contributed by atoms with Gasteiger partial charge in [-0.15, -0.1) is 0 Å². The number of nitrogens with zero attached hydrogens (tertiary/aromatic N) is 1. The predicted octanol–water partition coefficient (Wildman–Crippen LogP) is 0.912. The van der Waals surface area contributed by atoms with Crippen LogP contribution >= 0.6 is 0 Å². The average molecular weight is 270 g/mol. The van der Waals surface area contributed by atoms with Gasteiger partial charge >= 0.3 is 0 Å². The Bertz CT molecular complexity index is 295. The lowest BCUT2D eigenvalue weighted by atomic mass is 9.98.